The van der Waals surface area contributed by atoms with E-state index in [1.807, 2.05) is 6.07 Å². The molecule has 1 aromatic carbocycles. The highest BCUT2D eigenvalue weighted by Gasteiger charge is 1.90. The molecule has 0 aromatic heterocycles. The van der Waals surface area contributed by atoms with E-state index in [1.54, 1.807) is 18.2 Å². The van der Waals surface area contributed by atoms with Crippen molar-refractivity contribution in [3.63, 3.8) is 0 Å². The summed E-state index contributed by atoms with van der Waals surface area (Å²) in [6, 6.07) is 7.00. The first-order valence-corrected chi connectivity index (χ1v) is 3.12. The Hall–Kier alpha value is -1.27. The summed E-state index contributed by atoms with van der Waals surface area (Å²) in [5, 5.41) is 8.47. The minimum atomic E-state index is 0.449. The zero-order valence-electron chi connectivity index (χ0n) is 5.16. The Balaban J connectivity index is 3.31. The molecule has 10 heavy (non-hydrogen) atoms. The van der Waals surface area contributed by atoms with Crippen LogP contribution in [0.25, 0.3) is 0 Å². The first kappa shape index (κ1) is 6.84. The summed E-state index contributed by atoms with van der Waals surface area (Å²) in [6.07, 6.45) is 0. The molecule has 0 unspecified atom stereocenters. The van der Waals surface area contributed by atoms with Crippen LogP contribution < -0.4 is 5.73 Å². The van der Waals surface area contributed by atoms with E-state index >= 15 is 0 Å². The summed E-state index contributed by atoms with van der Waals surface area (Å²) in [4.78, 5) is 0.449. The van der Waals surface area contributed by atoms with E-state index in [0.717, 1.165) is 0 Å². The molecular formula is C7H5N2S-. The Labute approximate surface area is 64.7 Å². The molecule has 1 rings (SSSR count). The van der Waals surface area contributed by atoms with Gasteiger partial charge in [-0.15, -0.1) is 4.90 Å². The van der Waals surface area contributed by atoms with Gasteiger partial charge in [0.2, 0.25) is 0 Å². The van der Waals surface area contributed by atoms with Crippen LogP contribution in [0.4, 0.5) is 5.69 Å². The van der Waals surface area contributed by atoms with Crippen LogP contribution in [0.15, 0.2) is 23.1 Å². The Bertz CT molecular complexity index is 288. The van der Waals surface area contributed by atoms with Gasteiger partial charge in [0.05, 0.1) is 6.07 Å². The largest absolute Gasteiger partial charge is 0.776 e. The molecule has 3 heteroatoms. The maximum Gasteiger partial charge on any atom is 0.0976 e. The van der Waals surface area contributed by atoms with Crippen LogP contribution in [-0.2, 0) is 12.6 Å². The number of anilines is 1. The highest BCUT2D eigenvalue weighted by molar-refractivity contribution is 7.59. The Morgan fingerprint density at radius 2 is 2.20 bits per heavy atom. The molecule has 2 N–H and O–H groups in total. The second kappa shape index (κ2) is 2.54. The topological polar surface area (TPSA) is 49.8 Å². The number of hydrogen-bond donors (Lipinski definition) is 1. The van der Waals surface area contributed by atoms with Gasteiger partial charge < -0.3 is 18.4 Å². The van der Waals surface area contributed by atoms with Crippen LogP contribution >= 0.6 is 0 Å². The quantitative estimate of drug-likeness (QED) is 0.443. The van der Waals surface area contributed by atoms with Gasteiger partial charge in [-0.3, -0.25) is 0 Å². The molecule has 0 aliphatic carbocycles. The van der Waals surface area contributed by atoms with Gasteiger partial charge in [0.15, 0.2) is 0 Å². The Morgan fingerprint density at radius 1 is 1.50 bits per heavy atom. The van der Waals surface area contributed by atoms with E-state index in [-0.39, 0.29) is 0 Å². The Morgan fingerprint density at radius 3 is 2.70 bits per heavy atom. The van der Waals surface area contributed by atoms with E-state index in [4.69, 9.17) is 23.6 Å². The number of rotatable bonds is 0. The van der Waals surface area contributed by atoms with Crippen LogP contribution in [-0.4, -0.2) is 0 Å². The van der Waals surface area contributed by atoms with Crippen molar-refractivity contribution in [2.45, 2.75) is 4.90 Å². The molecule has 0 radical (unpaired) electrons. The molecule has 0 bridgehead atoms. The monoisotopic (exact) mass is 149 g/mol. The number of nitriles is 1. The molecule has 1 aromatic rings. The first-order valence-electron chi connectivity index (χ1n) is 2.71. The van der Waals surface area contributed by atoms with Crippen molar-refractivity contribution in [1.82, 2.24) is 0 Å². The fraction of sp³-hybridized carbons (Fsp3) is 0. The highest BCUT2D eigenvalue weighted by atomic mass is 32.1. The molecule has 0 aliphatic rings. The van der Waals surface area contributed by atoms with Crippen molar-refractivity contribution in [3.05, 3.63) is 23.8 Å². The van der Waals surface area contributed by atoms with Gasteiger partial charge in [-0.2, -0.15) is 5.26 Å². The average Bonchev–Trinajstić information content (AvgIpc) is 1.95. The molecule has 0 heterocycles. The summed E-state index contributed by atoms with van der Waals surface area (Å²) in [5.41, 5.74) is 6.40. The molecule has 0 amide bonds. The minimum Gasteiger partial charge on any atom is -0.776 e. The molecule has 50 valence electrons. The molecule has 0 saturated carbocycles. The van der Waals surface area contributed by atoms with E-state index in [9.17, 15) is 0 Å². The molecular weight excluding hydrogens is 144 g/mol. The van der Waals surface area contributed by atoms with E-state index in [0.29, 0.717) is 16.1 Å². The number of nitrogens with two attached hydrogens (primary N) is 1. The van der Waals surface area contributed by atoms with Crippen molar-refractivity contribution in [1.29, 1.82) is 5.26 Å². The van der Waals surface area contributed by atoms with Gasteiger partial charge in [0.1, 0.15) is 0 Å². The third-order valence-corrected chi connectivity index (χ3v) is 1.62. The van der Waals surface area contributed by atoms with Crippen LogP contribution in [0, 0.1) is 11.3 Å². The molecule has 0 spiro atoms. The molecule has 0 atom stereocenters. The molecule has 0 saturated heterocycles. The lowest BCUT2D eigenvalue weighted by Crippen LogP contribution is -1.90. The average molecular weight is 149 g/mol. The number of nitrogen functional groups attached to an aromatic ring is 1. The van der Waals surface area contributed by atoms with Crippen LogP contribution in [0.5, 0.6) is 0 Å². The van der Waals surface area contributed by atoms with Crippen molar-refractivity contribution in [3.8, 4) is 6.07 Å². The first-order chi connectivity index (χ1) is 4.75. The fourth-order valence-electron chi connectivity index (χ4n) is 0.643. The van der Waals surface area contributed by atoms with Crippen LogP contribution in [0.1, 0.15) is 5.56 Å². The zero-order chi connectivity index (χ0) is 7.56. The van der Waals surface area contributed by atoms with Crippen molar-refractivity contribution in [2.75, 3.05) is 5.73 Å². The third kappa shape index (κ3) is 1.02. The number of hydrogen-bond acceptors (Lipinski definition) is 3. The molecule has 0 fully saturated rings. The zero-order valence-corrected chi connectivity index (χ0v) is 5.98. The summed E-state index contributed by atoms with van der Waals surface area (Å²) in [6.45, 7) is 0. The van der Waals surface area contributed by atoms with Gasteiger partial charge in [-0.1, -0.05) is 6.07 Å². The second-order valence-electron chi connectivity index (χ2n) is 1.84. The third-order valence-electron chi connectivity index (χ3n) is 1.17. The lowest BCUT2D eigenvalue weighted by molar-refractivity contribution is 1.38. The van der Waals surface area contributed by atoms with E-state index < -0.39 is 0 Å². The van der Waals surface area contributed by atoms with E-state index in [2.05, 4.69) is 0 Å². The lowest BCUT2D eigenvalue weighted by atomic mass is 10.2. The Kier molecular flexibility index (Phi) is 1.74. The standard InChI is InChI=1S/C7H6N2S/c8-4-5-2-1-3-6(9)7(5)10/h1-3,10H,9H2/p-1. The molecule has 0 aliphatic heterocycles. The van der Waals surface area contributed by atoms with Crippen LogP contribution in [0.2, 0.25) is 0 Å². The lowest BCUT2D eigenvalue weighted by Gasteiger charge is -2.10. The fourth-order valence-corrected chi connectivity index (χ4v) is 0.825. The van der Waals surface area contributed by atoms with Crippen LogP contribution in [0.3, 0.4) is 0 Å². The predicted molar refractivity (Wildman–Crippen MR) is 41.2 cm³/mol. The highest BCUT2D eigenvalue weighted by Crippen LogP contribution is 2.14. The van der Waals surface area contributed by atoms with Crippen molar-refractivity contribution in [2.24, 2.45) is 0 Å². The van der Waals surface area contributed by atoms with E-state index in [1.165, 1.54) is 0 Å². The maximum absolute atomic E-state index is 8.47. The summed E-state index contributed by atoms with van der Waals surface area (Å²) >= 11 is 4.84. The number of nitrogens with zero attached hydrogens (tertiary/aromatic N) is 1. The van der Waals surface area contributed by atoms with Crippen molar-refractivity contribution < 1.29 is 0 Å². The van der Waals surface area contributed by atoms with Gasteiger partial charge in [0.25, 0.3) is 0 Å². The summed E-state index contributed by atoms with van der Waals surface area (Å²) < 4.78 is 0. The van der Waals surface area contributed by atoms with Gasteiger partial charge in [0, 0.05) is 11.3 Å². The van der Waals surface area contributed by atoms with Gasteiger partial charge in [-0.05, 0) is 12.1 Å². The molecule has 2 nitrogen and oxygen atoms in total. The van der Waals surface area contributed by atoms with Crippen molar-refractivity contribution >= 4 is 18.3 Å². The summed E-state index contributed by atoms with van der Waals surface area (Å²) in [7, 11) is 0. The minimum absolute atomic E-state index is 0.449. The smallest absolute Gasteiger partial charge is 0.0976 e. The van der Waals surface area contributed by atoms with Gasteiger partial charge >= 0.3 is 0 Å². The SMILES string of the molecule is N#Cc1cccc(N)c1[S-]. The maximum atomic E-state index is 8.47. The number of benzene rings is 1. The van der Waals surface area contributed by atoms with Gasteiger partial charge in [-0.25, -0.2) is 0 Å². The predicted octanol–water partition coefficient (Wildman–Crippen LogP) is 1.05. The normalized spacial score (nSPS) is 8.70. The summed E-state index contributed by atoms with van der Waals surface area (Å²) in [5.74, 6) is 0. The second-order valence-corrected chi connectivity index (χ2v) is 2.24.